The zero-order valence-corrected chi connectivity index (χ0v) is 11.9. The van der Waals surface area contributed by atoms with Crippen molar-refractivity contribution >= 4 is 17.6 Å². The quantitative estimate of drug-likeness (QED) is 0.865. The molecule has 2 aliphatic rings. The monoisotopic (exact) mass is 288 g/mol. The van der Waals surface area contributed by atoms with Crippen molar-refractivity contribution in [1.29, 1.82) is 0 Å². The molecule has 1 saturated heterocycles. The van der Waals surface area contributed by atoms with E-state index in [0.717, 1.165) is 5.82 Å². The Morgan fingerprint density at radius 1 is 1.19 bits per heavy atom. The maximum Gasteiger partial charge on any atom is 0.272 e. The van der Waals surface area contributed by atoms with Gasteiger partial charge >= 0.3 is 0 Å². The third kappa shape index (κ3) is 3.32. The minimum atomic E-state index is -0.268. The zero-order chi connectivity index (χ0) is 14.8. The Morgan fingerprint density at radius 3 is 2.52 bits per heavy atom. The topological polar surface area (TPSA) is 88.3 Å². The minimum Gasteiger partial charge on any atom is -0.369 e. The van der Waals surface area contributed by atoms with E-state index >= 15 is 0 Å². The molecule has 21 heavy (non-hydrogen) atoms. The summed E-state index contributed by atoms with van der Waals surface area (Å²) >= 11 is 0. The van der Waals surface area contributed by atoms with Crippen molar-refractivity contribution in [3.05, 3.63) is 23.9 Å². The van der Waals surface area contributed by atoms with Gasteiger partial charge in [-0.3, -0.25) is 9.59 Å². The van der Waals surface area contributed by atoms with Gasteiger partial charge < -0.3 is 16.0 Å². The van der Waals surface area contributed by atoms with Crippen molar-refractivity contribution in [1.82, 2.24) is 9.88 Å². The first-order valence-electron chi connectivity index (χ1n) is 7.45. The van der Waals surface area contributed by atoms with E-state index in [1.807, 2.05) is 12.1 Å². The molecule has 2 amide bonds. The molecular formula is C15H20N4O2. The Kier molecular flexibility index (Phi) is 3.77. The van der Waals surface area contributed by atoms with Gasteiger partial charge in [-0.25, -0.2) is 4.98 Å². The van der Waals surface area contributed by atoms with Crippen molar-refractivity contribution in [3.8, 4) is 0 Å². The van der Waals surface area contributed by atoms with Gasteiger partial charge in [0.15, 0.2) is 0 Å². The number of nitrogens with two attached hydrogens (primary N) is 1. The first-order valence-corrected chi connectivity index (χ1v) is 7.45. The fraction of sp³-hybridized carbons (Fsp3) is 0.533. The molecule has 0 unspecified atom stereocenters. The van der Waals surface area contributed by atoms with Crippen LogP contribution in [0.3, 0.4) is 0 Å². The van der Waals surface area contributed by atoms with Crippen molar-refractivity contribution in [2.75, 3.05) is 18.4 Å². The number of hydrogen-bond acceptors (Lipinski definition) is 4. The standard InChI is InChI=1S/C15H20N4O2/c16-14(20)10-6-8-19(9-7-10)15(21)12-2-1-3-13(18-12)17-11-4-5-11/h1-3,10-11H,4-9H2,(H2,16,20)(H,17,18). The molecule has 0 atom stereocenters. The van der Waals surface area contributed by atoms with Crippen LogP contribution in [-0.4, -0.2) is 40.8 Å². The molecule has 112 valence electrons. The maximum absolute atomic E-state index is 12.4. The highest BCUT2D eigenvalue weighted by Gasteiger charge is 2.27. The number of piperidine rings is 1. The highest BCUT2D eigenvalue weighted by atomic mass is 16.2. The van der Waals surface area contributed by atoms with Gasteiger partial charge in [0, 0.05) is 25.0 Å². The van der Waals surface area contributed by atoms with Crippen LogP contribution < -0.4 is 11.1 Å². The van der Waals surface area contributed by atoms with Crippen molar-refractivity contribution in [3.63, 3.8) is 0 Å². The number of carbonyl (C=O) groups excluding carboxylic acids is 2. The summed E-state index contributed by atoms with van der Waals surface area (Å²) in [5, 5.41) is 3.29. The lowest BCUT2D eigenvalue weighted by atomic mass is 9.96. The average Bonchev–Trinajstić information content (AvgIpc) is 3.31. The number of hydrogen-bond donors (Lipinski definition) is 2. The summed E-state index contributed by atoms with van der Waals surface area (Å²) < 4.78 is 0. The van der Waals surface area contributed by atoms with Gasteiger partial charge in [0.2, 0.25) is 5.91 Å². The molecule has 0 radical (unpaired) electrons. The number of carbonyl (C=O) groups is 2. The lowest BCUT2D eigenvalue weighted by molar-refractivity contribution is -0.123. The van der Waals surface area contributed by atoms with Crippen LogP contribution in [0.25, 0.3) is 0 Å². The first-order chi connectivity index (χ1) is 10.1. The van der Waals surface area contributed by atoms with Gasteiger partial charge in [-0.2, -0.15) is 0 Å². The molecule has 1 aliphatic heterocycles. The van der Waals surface area contributed by atoms with Crippen LogP contribution in [-0.2, 0) is 4.79 Å². The minimum absolute atomic E-state index is 0.0719. The normalized spacial score (nSPS) is 19.3. The third-order valence-corrected chi connectivity index (χ3v) is 4.08. The molecule has 1 aromatic heterocycles. The summed E-state index contributed by atoms with van der Waals surface area (Å²) in [5.41, 5.74) is 5.77. The van der Waals surface area contributed by atoms with E-state index in [2.05, 4.69) is 10.3 Å². The van der Waals surface area contributed by atoms with Crippen molar-refractivity contribution < 1.29 is 9.59 Å². The third-order valence-electron chi connectivity index (χ3n) is 4.08. The Balaban J connectivity index is 1.63. The summed E-state index contributed by atoms with van der Waals surface area (Å²) in [6.07, 6.45) is 3.61. The average molecular weight is 288 g/mol. The molecule has 3 rings (SSSR count). The summed E-state index contributed by atoms with van der Waals surface area (Å²) in [5.74, 6) is 0.313. The molecule has 1 aliphatic carbocycles. The zero-order valence-electron chi connectivity index (χ0n) is 11.9. The highest BCUT2D eigenvalue weighted by molar-refractivity contribution is 5.93. The van der Waals surface area contributed by atoms with Crippen LogP contribution in [0.4, 0.5) is 5.82 Å². The van der Waals surface area contributed by atoms with E-state index in [1.165, 1.54) is 12.8 Å². The number of nitrogens with one attached hydrogen (secondary N) is 1. The molecule has 1 saturated carbocycles. The van der Waals surface area contributed by atoms with E-state index < -0.39 is 0 Å². The number of pyridine rings is 1. The highest BCUT2D eigenvalue weighted by Crippen LogP contribution is 2.24. The summed E-state index contributed by atoms with van der Waals surface area (Å²) in [7, 11) is 0. The molecule has 6 heteroatoms. The van der Waals surface area contributed by atoms with Crippen LogP contribution in [0, 0.1) is 5.92 Å². The second-order valence-electron chi connectivity index (χ2n) is 5.80. The lowest BCUT2D eigenvalue weighted by Crippen LogP contribution is -2.42. The fourth-order valence-electron chi connectivity index (χ4n) is 2.60. The molecule has 3 N–H and O–H groups in total. The van der Waals surface area contributed by atoms with Gasteiger partial charge in [0.05, 0.1) is 0 Å². The SMILES string of the molecule is NC(=O)C1CCN(C(=O)c2cccc(NC3CC3)n2)CC1. The first kappa shape index (κ1) is 13.9. The van der Waals surface area contributed by atoms with E-state index in [9.17, 15) is 9.59 Å². The molecule has 2 heterocycles. The Morgan fingerprint density at radius 2 is 1.90 bits per heavy atom. The fourth-order valence-corrected chi connectivity index (χ4v) is 2.60. The number of nitrogens with zero attached hydrogens (tertiary/aromatic N) is 2. The van der Waals surface area contributed by atoms with E-state index in [-0.39, 0.29) is 17.7 Å². The van der Waals surface area contributed by atoms with E-state index in [1.54, 1.807) is 11.0 Å². The molecule has 1 aromatic rings. The maximum atomic E-state index is 12.4. The molecule has 2 fully saturated rings. The number of amides is 2. The number of anilines is 1. The van der Waals surface area contributed by atoms with Gasteiger partial charge in [-0.1, -0.05) is 6.07 Å². The predicted octanol–water partition coefficient (Wildman–Crippen LogP) is 0.993. The van der Waals surface area contributed by atoms with Crippen LogP contribution in [0.15, 0.2) is 18.2 Å². The molecule has 0 spiro atoms. The predicted molar refractivity (Wildman–Crippen MR) is 78.7 cm³/mol. The smallest absolute Gasteiger partial charge is 0.272 e. The Bertz CT molecular complexity index is 548. The van der Waals surface area contributed by atoms with Crippen LogP contribution in [0.1, 0.15) is 36.2 Å². The number of aromatic nitrogens is 1. The summed E-state index contributed by atoms with van der Waals surface area (Å²) in [6, 6.07) is 5.98. The van der Waals surface area contributed by atoms with Gasteiger partial charge in [0.25, 0.3) is 5.91 Å². The van der Waals surface area contributed by atoms with Crippen LogP contribution in [0.5, 0.6) is 0 Å². The van der Waals surface area contributed by atoms with Crippen molar-refractivity contribution in [2.45, 2.75) is 31.7 Å². The van der Waals surface area contributed by atoms with E-state index in [0.29, 0.717) is 37.7 Å². The molecule has 0 bridgehead atoms. The summed E-state index contributed by atoms with van der Waals surface area (Å²) in [4.78, 5) is 29.7. The van der Waals surface area contributed by atoms with Gasteiger partial charge in [-0.05, 0) is 37.8 Å². The van der Waals surface area contributed by atoms with Gasteiger partial charge in [0.1, 0.15) is 11.5 Å². The second-order valence-corrected chi connectivity index (χ2v) is 5.80. The lowest BCUT2D eigenvalue weighted by Gasteiger charge is -2.30. The molecule has 6 nitrogen and oxygen atoms in total. The number of primary amides is 1. The Labute approximate surface area is 123 Å². The summed E-state index contributed by atoms with van der Waals surface area (Å²) in [6.45, 7) is 1.13. The van der Waals surface area contributed by atoms with Crippen LogP contribution >= 0.6 is 0 Å². The second kappa shape index (κ2) is 5.71. The number of rotatable bonds is 4. The largest absolute Gasteiger partial charge is 0.369 e. The number of likely N-dealkylation sites (tertiary alicyclic amines) is 1. The van der Waals surface area contributed by atoms with Gasteiger partial charge in [-0.15, -0.1) is 0 Å². The van der Waals surface area contributed by atoms with Crippen LogP contribution in [0.2, 0.25) is 0 Å². The molecular weight excluding hydrogens is 268 g/mol. The molecule has 0 aromatic carbocycles. The van der Waals surface area contributed by atoms with Crippen molar-refractivity contribution in [2.24, 2.45) is 11.7 Å². The van der Waals surface area contributed by atoms with E-state index in [4.69, 9.17) is 5.73 Å². The Hall–Kier alpha value is -2.11.